The van der Waals surface area contributed by atoms with Gasteiger partial charge in [0.25, 0.3) is 0 Å². The first-order valence-corrected chi connectivity index (χ1v) is 6.34. The van der Waals surface area contributed by atoms with E-state index in [-0.39, 0.29) is 18.2 Å². The number of aryl methyl sites for hydroxylation is 1. The predicted octanol–water partition coefficient (Wildman–Crippen LogP) is 2.45. The molecule has 3 heteroatoms. The van der Waals surface area contributed by atoms with Crippen LogP contribution in [0.5, 0.6) is 0 Å². The Balaban J connectivity index is 2.26. The number of hydrogen-bond donors (Lipinski definition) is 1. The molecule has 1 aliphatic heterocycles. The molecule has 0 radical (unpaired) electrons. The summed E-state index contributed by atoms with van der Waals surface area (Å²) in [6, 6.07) is 2.03. The summed E-state index contributed by atoms with van der Waals surface area (Å²) in [4.78, 5) is 4.19. The van der Waals surface area contributed by atoms with E-state index in [2.05, 4.69) is 32.7 Å². The molecule has 1 fully saturated rings. The Hall–Kier alpha value is -0.930. The second-order valence-electron chi connectivity index (χ2n) is 5.24. The van der Waals surface area contributed by atoms with Gasteiger partial charge >= 0.3 is 0 Å². The first kappa shape index (κ1) is 12.5. The normalized spacial score (nSPS) is 34.9. The number of nitrogens with zero attached hydrogens (tertiary/aromatic N) is 1. The molecule has 2 heterocycles. The minimum atomic E-state index is 0.0126. The maximum atomic E-state index is 6.42. The van der Waals surface area contributed by atoms with Crippen LogP contribution in [-0.2, 0) is 4.74 Å². The summed E-state index contributed by atoms with van der Waals surface area (Å²) in [5, 5.41) is 0. The van der Waals surface area contributed by atoms with E-state index in [1.54, 1.807) is 0 Å². The maximum absolute atomic E-state index is 6.42. The molecule has 5 atom stereocenters. The van der Waals surface area contributed by atoms with Crippen molar-refractivity contribution >= 4 is 0 Å². The quantitative estimate of drug-likeness (QED) is 0.855. The number of aromatic nitrogens is 1. The number of rotatable bonds is 2. The number of nitrogens with two attached hydrogens (primary N) is 1. The SMILES string of the molecule is Cc1ccncc1C(N)C1C(C)OC(C)C1C. The monoisotopic (exact) mass is 234 g/mol. The van der Waals surface area contributed by atoms with Crippen LogP contribution in [0.4, 0.5) is 0 Å². The molecule has 2 rings (SSSR count). The van der Waals surface area contributed by atoms with Crippen molar-refractivity contribution in [3.05, 3.63) is 29.6 Å². The molecule has 0 saturated carbocycles. The summed E-state index contributed by atoms with van der Waals surface area (Å²) >= 11 is 0. The van der Waals surface area contributed by atoms with Gasteiger partial charge in [-0.2, -0.15) is 0 Å². The van der Waals surface area contributed by atoms with Crippen molar-refractivity contribution in [3.63, 3.8) is 0 Å². The van der Waals surface area contributed by atoms with E-state index in [1.807, 2.05) is 18.5 Å². The molecule has 0 aromatic carbocycles. The van der Waals surface area contributed by atoms with Crippen molar-refractivity contribution in [2.24, 2.45) is 17.6 Å². The lowest BCUT2D eigenvalue weighted by Gasteiger charge is -2.26. The van der Waals surface area contributed by atoms with Crippen LogP contribution in [-0.4, -0.2) is 17.2 Å². The van der Waals surface area contributed by atoms with Gasteiger partial charge in [0, 0.05) is 24.4 Å². The zero-order valence-corrected chi connectivity index (χ0v) is 11.1. The van der Waals surface area contributed by atoms with Crippen LogP contribution >= 0.6 is 0 Å². The molecular formula is C14H22N2O. The van der Waals surface area contributed by atoms with Gasteiger partial charge in [0.2, 0.25) is 0 Å². The summed E-state index contributed by atoms with van der Waals surface area (Å²) < 4.78 is 5.87. The van der Waals surface area contributed by atoms with E-state index < -0.39 is 0 Å². The molecule has 1 aromatic heterocycles. The minimum absolute atomic E-state index is 0.0126. The molecule has 94 valence electrons. The molecule has 3 nitrogen and oxygen atoms in total. The molecule has 17 heavy (non-hydrogen) atoms. The second kappa shape index (κ2) is 4.75. The highest BCUT2D eigenvalue weighted by atomic mass is 16.5. The van der Waals surface area contributed by atoms with Gasteiger partial charge in [0.1, 0.15) is 0 Å². The van der Waals surface area contributed by atoms with Crippen molar-refractivity contribution in [1.29, 1.82) is 0 Å². The summed E-state index contributed by atoms with van der Waals surface area (Å²) in [6.45, 7) is 8.57. The van der Waals surface area contributed by atoms with E-state index in [0.717, 1.165) is 5.56 Å². The van der Waals surface area contributed by atoms with Crippen LogP contribution in [0.2, 0.25) is 0 Å². The first-order valence-electron chi connectivity index (χ1n) is 6.34. The van der Waals surface area contributed by atoms with Gasteiger partial charge in [-0.1, -0.05) is 6.92 Å². The summed E-state index contributed by atoms with van der Waals surface area (Å²) in [7, 11) is 0. The van der Waals surface area contributed by atoms with E-state index in [0.29, 0.717) is 11.8 Å². The Kier molecular flexibility index (Phi) is 3.50. The van der Waals surface area contributed by atoms with Gasteiger partial charge in [0.05, 0.1) is 12.2 Å². The largest absolute Gasteiger partial charge is 0.375 e. The zero-order chi connectivity index (χ0) is 12.6. The lowest BCUT2D eigenvalue weighted by atomic mass is 9.80. The topological polar surface area (TPSA) is 48.1 Å². The molecule has 0 spiro atoms. The third-order valence-corrected chi connectivity index (χ3v) is 4.17. The smallest absolute Gasteiger partial charge is 0.0600 e. The number of pyridine rings is 1. The van der Waals surface area contributed by atoms with Gasteiger partial charge in [-0.05, 0) is 43.9 Å². The van der Waals surface area contributed by atoms with Crippen LogP contribution in [0, 0.1) is 18.8 Å². The zero-order valence-electron chi connectivity index (χ0n) is 11.1. The van der Waals surface area contributed by atoms with Crippen molar-refractivity contribution in [1.82, 2.24) is 4.98 Å². The molecule has 5 unspecified atom stereocenters. The third kappa shape index (κ3) is 2.22. The van der Waals surface area contributed by atoms with Crippen LogP contribution in [0.15, 0.2) is 18.5 Å². The lowest BCUT2D eigenvalue weighted by Crippen LogP contribution is -2.31. The summed E-state index contributed by atoms with van der Waals surface area (Å²) in [5.41, 5.74) is 8.79. The highest BCUT2D eigenvalue weighted by Gasteiger charge is 2.41. The lowest BCUT2D eigenvalue weighted by molar-refractivity contribution is 0.0489. The maximum Gasteiger partial charge on any atom is 0.0600 e. The Labute approximate surface area is 103 Å². The van der Waals surface area contributed by atoms with Crippen molar-refractivity contribution in [3.8, 4) is 0 Å². The standard InChI is InChI=1S/C14H22N2O/c1-8-5-6-16-7-12(8)14(15)13-9(2)10(3)17-11(13)4/h5-7,9-11,13-14H,15H2,1-4H3. The van der Waals surface area contributed by atoms with Gasteiger partial charge in [-0.3, -0.25) is 4.98 Å². The Morgan fingerprint density at radius 1 is 1.29 bits per heavy atom. The van der Waals surface area contributed by atoms with Crippen LogP contribution < -0.4 is 5.73 Å². The van der Waals surface area contributed by atoms with Crippen molar-refractivity contribution in [2.45, 2.75) is 45.9 Å². The Morgan fingerprint density at radius 3 is 2.53 bits per heavy atom. The highest BCUT2D eigenvalue weighted by molar-refractivity contribution is 5.26. The van der Waals surface area contributed by atoms with E-state index in [4.69, 9.17) is 10.5 Å². The summed E-state index contributed by atoms with van der Waals surface area (Å²) in [6.07, 6.45) is 4.21. The number of ether oxygens (including phenoxy) is 1. The van der Waals surface area contributed by atoms with Crippen LogP contribution in [0.3, 0.4) is 0 Å². The first-order chi connectivity index (χ1) is 8.02. The molecule has 0 amide bonds. The molecular weight excluding hydrogens is 212 g/mol. The van der Waals surface area contributed by atoms with E-state index >= 15 is 0 Å². The summed E-state index contributed by atoms with van der Waals surface area (Å²) in [5.74, 6) is 0.854. The molecule has 0 bridgehead atoms. The molecule has 1 saturated heterocycles. The number of hydrogen-bond acceptors (Lipinski definition) is 3. The fraction of sp³-hybridized carbons (Fsp3) is 0.643. The predicted molar refractivity (Wildman–Crippen MR) is 68.6 cm³/mol. The van der Waals surface area contributed by atoms with E-state index in [9.17, 15) is 0 Å². The van der Waals surface area contributed by atoms with E-state index in [1.165, 1.54) is 5.56 Å². The van der Waals surface area contributed by atoms with Gasteiger partial charge in [0.15, 0.2) is 0 Å². The average molecular weight is 234 g/mol. The van der Waals surface area contributed by atoms with Gasteiger partial charge in [-0.15, -0.1) is 0 Å². The minimum Gasteiger partial charge on any atom is -0.375 e. The van der Waals surface area contributed by atoms with Crippen LogP contribution in [0.1, 0.15) is 37.9 Å². The Bertz CT molecular complexity index is 394. The van der Waals surface area contributed by atoms with Gasteiger partial charge in [-0.25, -0.2) is 0 Å². The van der Waals surface area contributed by atoms with Crippen molar-refractivity contribution < 1.29 is 4.74 Å². The van der Waals surface area contributed by atoms with Crippen molar-refractivity contribution in [2.75, 3.05) is 0 Å². The van der Waals surface area contributed by atoms with Gasteiger partial charge < -0.3 is 10.5 Å². The molecule has 2 N–H and O–H groups in total. The molecule has 1 aromatic rings. The highest BCUT2D eigenvalue weighted by Crippen LogP contribution is 2.39. The molecule has 1 aliphatic rings. The fourth-order valence-electron chi connectivity index (χ4n) is 2.95. The Morgan fingerprint density at radius 2 is 2.00 bits per heavy atom. The average Bonchev–Trinajstić information content (AvgIpc) is 2.53. The second-order valence-corrected chi connectivity index (χ2v) is 5.24. The van der Waals surface area contributed by atoms with Crippen LogP contribution in [0.25, 0.3) is 0 Å². The fourth-order valence-corrected chi connectivity index (χ4v) is 2.95. The molecule has 0 aliphatic carbocycles. The third-order valence-electron chi connectivity index (χ3n) is 4.17.